The monoisotopic (exact) mass is 350 g/mol. The number of rotatable bonds is 2. The minimum Gasteiger partial charge on any atom is -0.315 e. The second kappa shape index (κ2) is 5.85. The van der Waals surface area contributed by atoms with E-state index in [4.69, 9.17) is 0 Å². The number of piperidine rings is 1. The van der Waals surface area contributed by atoms with Crippen molar-refractivity contribution in [2.45, 2.75) is 50.3 Å². The van der Waals surface area contributed by atoms with E-state index in [9.17, 15) is 13.2 Å². The molecule has 24 heavy (non-hydrogen) atoms. The maximum Gasteiger partial charge on any atom is 0.243 e. The molecule has 6 heteroatoms. The summed E-state index contributed by atoms with van der Waals surface area (Å²) in [6, 6.07) is 5.18. The maximum absolute atomic E-state index is 13.0. The molecule has 0 unspecified atom stereocenters. The zero-order valence-corrected chi connectivity index (χ0v) is 15.7. The summed E-state index contributed by atoms with van der Waals surface area (Å²) < 4.78 is 27.6. The Bertz CT molecular complexity index is 762. The van der Waals surface area contributed by atoms with E-state index in [1.165, 1.54) is 0 Å². The van der Waals surface area contributed by atoms with Crippen molar-refractivity contribution in [1.29, 1.82) is 0 Å². The number of sulfonamides is 1. The molecule has 0 spiro atoms. The molecule has 132 valence electrons. The molecular weight excluding hydrogens is 324 g/mol. The zero-order chi connectivity index (χ0) is 17.7. The van der Waals surface area contributed by atoms with Crippen LogP contribution in [0.15, 0.2) is 23.1 Å². The van der Waals surface area contributed by atoms with Gasteiger partial charge >= 0.3 is 0 Å². The Hall–Kier alpha value is -1.40. The third-order valence-corrected chi connectivity index (χ3v) is 7.30. The average molecular weight is 350 g/mol. The van der Waals surface area contributed by atoms with Crippen molar-refractivity contribution in [3.05, 3.63) is 23.8 Å². The second-order valence-electron chi connectivity index (χ2n) is 7.78. The lowest BCUT2D eigenvalue weighted by atomic mass is 9.77. The van der Waals surface area contributed by atoms with Gasteiger partial charge < -0.3 is 4.90 Å². The molecule has 0 bridgehead atoms. The SMILES string of the molecule is CC1CCN(S(=O)(=O)c2ccc3c(c2)C(C)(C)CC(=O)N3C)CC1. The van der Waals surface area contributed by atoms with Gasteiger partial charge in [0.1, 0.15) is 0 Å². The lowest BCUT2D eigenvalue weighted by molar-refractivity contribution is -0.119. The first-order valence-corrected chi connectivity index (χ1v) is 9.98. The Morgan fingerprint density at radius 1 is 1.17 bits per heavy atom. The highest BCUT2D eigenvalue weighted by molar-refractivity contribution is 7.89. The van der Waals surface area contributed by atoms with Gasteiger partial charge in [0.15, 0.2) is 0 Å². The van der Waals surface area contributed by atoms with Gasteiger partial charge in [0.25, 0.3) is 0 Å². The Morgan fingerprint density at radius 3 is 2.42 bits per heavy atom. The molecule has 0 saturated carbocycles. The lowest BCUT2D eigenvalue weighted by Crippen LogP contribution is -2.40. The van der Waals surface area contributed by atoms with Crippen molar-refractivity contribution in [3.63, 3.8) is 0 Å². The van der Waals surface area contributed by atoms with E-state index < -0.39 is 10.0 Å². The molecule has 0 atom stereocenters. The van der Waals surface area contributed by atoms with Crippen molar-refractivity contribution < 1.29 is 13.2 Å². The van der Waals surface area contributed by atoms with Crippen LogP contribution in [0.5, 0.6) is 0 Å². The van der Waals surface area contributed by atoms with Crippen molar-refractivity contribution in [2.24, 2.45) is 5.92 Å². The molecule has 0 aromatic heterocycles. The second-order valence-corrected chi connectivity index (χ2v) is 9.72. The standard InChI is InChI=1S/C18H26N2O3S/c1-13-7-9-20(10-8-13)24(22,23)14-5-6-16-15(11-14)18(2,3)12-17(21)19(16)4/h5-6,11,13H,7-10,12H2,1-4H3. The van der Waals surface area contributed by atoms with Gasteiger partial charge in [0.05, 0.1) is 4.90 Å². The van der Waals surface area contributed by atoms with Gasteiger partial charge in [-0.1, -0.05) is 20.8 Å². The van der Waals surface area contributed by atoms with Crippen LogP contribution in [0, 0.1) is 5.92 Å². The van der Waals surface area contributed by atoms with E-state index in [0.29, 0.717) is 30.3 Å². The maximum atomic E-state index is 13.0. The highest BCUT2D eigenvalue weighted by atomic mass is 32.2. The highest BCUT2D eigenvalue weighted by Gasteiger charge is 2.37. The number of carbonyl (C=O) groups is 1. The molecule has 2 aliphatic heterocycles. The molecule has 1 fully saturated rings. The molecule has 1 aromatic rings. The van der Waals surface area contributed by atoms with E-state index in [-0.39, 0.29) is 11.3 Å². The molecule has 0 radical (unpaired) electrons. The number of hydrogen-bond acceptors (Lipinski definition) is 3. The lowest BCUT2D eigenvalue weighted by Gasteiger charge is -2.37. The topological polar surface area (TPSA) is 57.7 Å². The molecule has 1 aromatic carbocycles. The molecule has 0 N–H and O–H groups in total. The minimum absolute atomic E-state index is 0.0631. The molecule has 5 nitrogen and oxygen atoms in total. The summed E-state index contributed by atoms with van der Waals surface area (Å²) in [5, 5.41) is 0. The summed E-state index contributed by atoms with van der Waals surface area (Å²) in [6.45, 7) is 7.33. The average Bonchev–Trinajstić information content (AvgIpc) is 2.52. The van der Waals surface area contributed by atoms with Crippen LogP contribution in [-0.2, 0) is 20.2 Å². The zero-order valence-electron chi connectivity index (χ0n) is 14.9. The van der Waals surface area contributed by atoms with Crippen LogP contribution in [0.1, 0.15) is 45.6 Å². The Labute approximate surface area is 144 Å². The Morgan fingerprint density at radius 2 is 1.79 bits per heavy atom. The smallest absolute Gasteiger partial charge is 0.243 e. The van der Waals surface area contributed by atoms with E-state index in [0.717, 1.165) is 24.1 Å². The molecule has 1 amide bonds. The number of fused-ring (bicyclic) bond motifs is 1. The number of nitrogens with zero attached hydrogens (tertiary/aromatic N) is 2. The highest BCUT2D eigenvalue weighted by Crippen LogP contribution is 2.41. The summed E-state index contributed by atoms with van der Waals surface area (Å²) in [7, 11) is -1.72. The summed E-state index contributed by atoms with van der Waals surface area (Å²) in [5.41, 5.74) is 1.37. The fourth-order valence-corrected chi connectivity index (χ4v) is 5.11. The van der Waals surface area contributed by atoms with E-state index in [1.807, 2.05) is 13.8 Å². The van der Waals surface area contributed by atoms with Gasteiger partial charge in [-0.15, -0.1) is 0 Å². The van der Waals surface area contributed by atoms with Gasteiger partial charge in [-0.05, 0) is 42.5 Å². The van der Waals surface area contributed by atoms with Crippen LogP contribution in [0.2, 0.25) is 0 Å². The number of amides is 1. The van der Waals surface area contributed by atoms with Crippen LogP contribution in [0.25, 0.3) is 0 Å². The van der Waals surface area contributed by atoms with Crippen LogP contribution >= 0.6 is 0 Å². The molecule has 0 aliphatic carbocycles. The molecular formula is C18H26N2O3S. The first-order chi connectivity index (χ1) is 11.1. The summed E-state index contributed by atoms with van der Waals surface area (Å²) in [6.07, 6.45) is 2.21. The summed E-state index contributed by atoms with van der Waals surface area (Å²) >= 11 is 0. The van der Waals surface area contributed by atoms with Crippen LogP contribution < -0.4 is 4.90 Å². The number of hydrogen-bond donors (Lipinski definition) is 0. The first-order valence-electron chi connectivity index (χ1n) is 8.54. The predicted octanol–water partition coefficient (Wildman–Crippen LogP) is 2.75. The van der Waals surface area contributed by atoms with Gasteiger partial charge in [-0.25, -0.2) is 8.42 Å². The normalized spacial score (nSPS) is 22.5. The van der Waals surface area contributed by atoms with Crippen LogP contribution in [0.4, 0.5) is 5.69 Å². The first kappa shape index (κ1) is 17.4. The van der Waals surface area contributed by atoms with Crippen molar-refractivity contribution in [2.75, 3.05) is 25.0 Å². The van der Waals surface area contributed by atoms with Gasteiger partial charge in [-0.3, -0.25) is 4.79 Å². The minimum atomic E-state index is -3.47. The van der Waals surface area contributed by atoms with Gasteiger partial charge in [-0.2, -0.15) is 4.31 Å². The Kier molecular flexibility index (Phi) is 4.24. The van der Waals surface area contributed by atoms with Gasteiger partial charge in [0.2, 0.25) is 15.9 Å². The molecule has 3 rings (SSSR count). The fourth-order valence-electron chi connectivity index (χ4n) is 3.61. The van der Waals surface area contributed by atoms with Crippen molar-refractivity contribution >= 4 is 21.6 Å². The summed E-state index contributed by atoms with van der Waals surface area (Å²) in [4.78, 5) is 14.1. The predicted molar refractivity (Wildman–Crippen MR) is 94.7 cm³/mol. The van der Waals surface area contributed by atoms with Gasteiger partial charge in [0, 0.05) is 37.7 Å². The Balaban J connectivity index is 2.01. The van der Waals surface area contributed by atoms with Crippen molar-refractivity contribution in [1.82, 2.24) is 4.31 Å². The molecule has 2 heterocycles. The number of benzene rings is 1. The fraction of sp³-hybridized carbons (Fsp3) is 0.611. The summed E-state index contributed by atoms with van der Waals surface area (Å²) in [5.74, 6) is 0.645. The number of carbonyl (C=O) groups excluding carboxylic acids is 1. The largest absolute Gasteiger partial charge is 0.315 e. The quantitative estimate of drug-likeness (QED) is 0.824. The van der Waals surface area contributed by atoms with Crippen LogP contribution in [0.3, 0.4) is 0 Å². The van der Waals surface area contributed by atoms with E-state index >= 15 is 0 Å². The molecule has 2 aliphatic rings. The third kappa shape index (κ3) is 2.86. The van der Waals surface area contributed by atoms with Crippen molar-refractivity contribution in [3.8, 4) is 0 Å². The van der Waals surface area contributed by atoms with E-state index in [1.54, 1.807) is 34.5 Å². The number of anilines is 1. The van der Waals surface area contributed by atoms with E-state index in [2.05, 4.69) is 6.92 Å². The van der Waals surface area contributed by atoms with Crippen LogP contribution in [-0.4, -0.2) is 38.8 Å². The molecule has 1 saturated heterocycles. The third-order valence-electron chi connectivity index (χ3n) is 5.41.